The highest BCUT2D eigenvalue weighted by Gasteiger charge is 2.28. The van der Waals surface area contributed by atoms with E-state index in [1.807, 2.05) is 22.4 Å². The summed E-state index contributed by atoms with van der Waals surface area (Å²) in [6.07, 6.45) is 0.423. The van der Waals surface area contributed by atoms with E-state index in [4.69, 9.17) is 9.47 Å². The van der Waals surface area contributed by atoms with E-state index in [0.29, 0.717) is 49.7 Å². The molecule has 1 aromatic carbocycles. The van der Waals surface area contributed by atoms with Gasteiger partial charge in [0.05, 0.1) is 20.6 Å². The normalized spacial score (nSPS) is 14.2. The number of carbonyl (C=O) groups is 2. The van der Waals surface area contributed by atoms with Crippen LogP contribution < -0.4 is 9.47 Å². The summed E-state index contributed by atoms with van der Waals surface area (Å²) in [5.74, 6) is 0.954. The molecule has 0 atom stereocenters. The first-order valence-electron chi connectivity index (χ1n) is 8.44. The van der Waals surface area contributed by atoms with E-state index >= 15 is 0 Å². The molecule has 7 heteroatoms. The number of rotatable bonds is 5. The van der Waals surface area contributed by atoms with Gasteiger partial charge in [0.1, 0.15) is 17.1 Å². The molecule has 26 heavy (non-hydrogen) atoms. The van der Waals surface area contributed by atoms with Gasteiger partial charge in [-0.3, -0.25) is 9.59 Å². The van der Waals surface area contributed by atoms with Crippen molar-refractivity contribution in [2.45, 2.75) is 6.42 Å². The molecule has 0 unspecified atom stereocenters. The minimum atomic E-state index is -0.135. The van der Waals surface area contributed by atoms with Gasteiger partial charge in [-0.05, 0) is 23.6 Å². The Kier molecular flexibility index (Phi) is 5.78. The standard InChI is InChI=1S/C19H22N2O4S/c1-24-15-6-3-7-16(25-2)18(15)19(23)21-10-8-20(9-11-21)17(22)13-14-5-4-12-26-14/h3-7,12H,8-11,13H2,1-2H3. The van der Waals surface area contributed by atoms with Gasteiger partial charge in [0.25, 0.3) is 5.91 Å². The summed E-state index contributed by atoms with van der Waals surface area (Å²) >= 11 is 1.59. The zero-order valence-electron chi connectivity index (χ0n) is 14.9. The molecule has 0 N–H and O–H groups in total. The lowest BCUT2D eigenvalue weighted by atomic mass is 10.1. The smallest absolute Gasteiger partial charge is 0.261 e. The van der Waals surface area contributed by atoms with E-state index in [9.17, 15) is 9.59 Å². The van der Waals surface area contributed by atoms with Gasteiger partial charge < -0.3 is 19.3 Å². The monoisotopic (exact) mass is 374 g/mol. The Morgan fingerprint density at radius 2 is 1.58 bits per heavy atom. The Morgan fingerprint density at radius 3 is 2.12 bits per heavy atom. The van der Waals surface area contributed by atoms with Crippen molar-refractivity contribution in [2.24, 2.45) is 0 Å². The number of piperazine rings is 1. The first-order valence-corrected chi connectivity index (χ1v) is 9.32. The summed E-state index contributed by atoms with van der Waals surface area (Å²) in [6, 6.07) is 9.20. The molecule has 1 aliphatic heterocycles. The van der Waals surface area contributed by atoms with Crippen LogP contribution in [0, 0.1) is 0 Å². The quantitative estimate of drug-likeness (QED) is 0.806. The van der Waals surface area contributed by atoms with Crippen molar-refractivity contribution in [3.8, 4) is 11.5 Å². The number of nitrogens with zero attached hydrogens (tertiary/aromatic N) is 2. The van der Waals surface area contributed by atoms with Crippen LogP contribution in [0.4, 0.5) is 0 Å². The predicted molar refractivity (Wildman–Crippen MR) is 100 cm³/mol. The van der Waals surface area contributed by atoms with Gasteiger partial charge in [-0.15, -0.1) is 11.3 Å². The SMILES string of the molecule is COc1cccc(OC)c1C(=O)N1CCN(C(=O)Cc2cccs2)CC1. The molecule has 6 nitrogen and oxygen atoms in total. The van der Waals surface area contributed by atoms with Gasteiger partial charge in [-0.2, -0.15) is 0 Å². The van der Waals surface area contributed by atoms with Crippen molar-refractivity contribution in [1.82, 2.24) is 9.80 Å². The molecule has 2 amide bonds. The second-order valence-corrected chi connectivity index (χ2v) is 7.00. The highest BCUT2D eigenvalue weighted by atomic mass is 32.1. The maximum absolute atomic E-state index is 13.0. The predicted octanol–water partition coefficient (Wildman–Crippen LogP) is 2.29. The summed E-state index contributed by atoms with van der Waals surface area (Å²) in [6.45, 7) is 2.06. The third-order valence-electron chi connectivity index (χ3n) is 4.47. The minimum absolute atomic E-state index is 0.106. The fourth-order valence-electron chi connectivity index (χ4n) is 3.05. The number of benzene rings is 1. The molecule has 0 radical (unpaired) electrons. The fraction of sp³-hybridized carbons (Fsp3) is 0.368. The number of ether oxygens (including phenoxy) is 2. The van der Waals surface area contributed by atoms with Gasteiger partial charge in [0, 0.05) is 31.1 Å². The highest BCUT2D eigenvalue weighted by Crippen LogP contribution is 2.29. The molecule has 1 saturated heterocycles. The van der Waals surface area contributed by atoms with Crippen LogP contribution >= 0.6 is 11.3 Å². The van der Waals surface area contributed by atoms with Gasteiger partial charge in [-0.1, -0.05) is 12.1 Å². The molecule has 138 valence electrons. The van der Waals surface area contributed by atoms with Crippen LogP contribution in [0.25, 0.3) is 0 Å². The first kappa shape index (κ1) is 18.3. The third-order valence-corrected chi connectivity index (χ3v) is 5.34. The second kappa shape index (κ2) is 8.23. The maximum atomic E-state index is 13.0. The lowest BCUT2D eigenvalue weighted by molar-refractivity contribution is -0.131. The van der Waals surface area contributed by atoms with Gasteiger partial charge in [0.2, 0.25) is 5.91 Å². The second-order valence-electron chi connectivity index (χ2n) is 5.97. The molecular formula is C19H22N2O4S. The van der Waals surface area contributed by atoms with Crippen molar-refractivity contribution in [3.05, 3.63) is 46.2 Å². The average Bonchev–Trinajstić information content (AvgIpc) is 3.19. The number of carbonyl (C=O) groups excluding carboxylic acids is 2. The number of hydrogen-bond acceptors (Lipinski definition) is 5. The number of hydrogen-bond donors (Lipinski definition) is 0. The summed E-state index contributed by atoms with van der Waals surface area (Å²) in [7, 11) is 3.07. The van der Waals surface area contributed by atoms with Crippen molar-refractivity contribution in [3.63, 3.8) is 0 Å². The molecule has 1 aliphatic rings. The molecule has 1 fully saturated rings. The Balaban J connectivity index is 1.65. The molecule has 0 saturated carbocycles. The van der Waals surface area contributed by atoms with Gasteiger partial charge in [0.15, 0.2) is 0 Å². The largest absolute Gasteiger partial charge is 0.496 e. The molecule has 0 aliphatic carbocycles. The van der Waals surface area contributed by atoms with Crippen LogP contribution in [-0.2, 0) is 11.2 Å². The molecule has 0 spiro atoms. The lowest BCUT2D eigenvalue weighted by Gasteiger charge is -2.35. The Bertz CT molecular complexity index is 746. The van der Waals surface area contributed by atoms with E-state index in [-0.39, 0.29) is 11.8 Å². The molecule has 3 rings (SSSR count). The van der Waals surface area contributed by atoms with Crippen LogP contribution in [0.1, 0.15) is 15.2 Å². The molecule has 2 aromatic rings. The van der Waals surface area contributed by atoms with Crippen LogP contribution in [0.5, 0.6) is 11.5 Å². The van der Waals surface area contributed by atoms with Crippen LogP contribution in [-0.4, -0.2) is 62.0 Å². The fourth-order valence-corrected chi connectivity index (χ4v) is 3.75. The van der Waals surface area contributed by atoms with E-state index in [2.05, 4.69) is 0 Å². The topological polar surface area (TPSA) is 59.1 Å². The molecule has 0 bridgehead atoms. The highest BCUT2D eigenvalue weighted by molar-refractivity contribution is 7.10. The van der Waals surface area contributed by atoms with E-state index < -0.39 is 0 Å². The van der Waals surface area contributed by atoms with Gasteiger partial charge in [-0.25, -0.2) is 0 Å². The van der Waals surface area contributed by atoms with E-state index in [1.54, 1.807) is 34.4 Å². The summed E-state index contributed by atoms with van der Waals surface area (Å²) in [4.78, 5) is 30.0. The Labute approximate surface area is 156 Å². The third kappa shape index (κ3) is 3.83. The average molecular weight is 374 g/mol. The Hall–Kier alpha value is -2.54. The Morgan fingerprint density at radius 1 is 0.962 bits per heavy atom. The summed E-state index contributed by atoms with van der Waals surface area (Å²) in [5, 5.41) is 1.97. The molecule has 2 heterocycles. The zero-order chi connectivity index (χ0) is 18.5. The first-order chi connectivity index (χ1) is 12.6. The van der Waals surface area contributed by atoms with Crippen LogP contribution in [0.3, 0.4) is 0 Å². The number of methoxy groups -OCH3 is 2. The van der Waals surface area contributed by atoms with E-state index in [0.717, 1.165) is 4.88 Å². The number of amides is 2. The maximum Gasteiger partial charge on any atom is 0.261 e. The number of thiophene rings is 1. The van der Waals surface area contributed by atoms with Gasteiger partial charge >= 0.3 is 0 Å². The van der Waals surface area contributed by atoms with Crippen molar-refractivity contribution >= 4 is 23.2 Å². The minimum Gasteiger partial charge on any atom is -0.496 e. The van der Waals surface area contributed by atoms with E-state index in [1.165, 1.54) is 14.2 Å². The molecular weight excluding hydrogens is 352 g/mol. The lowest BCUT2D eigenvalue weighted by Crippen LogP contribution is -2.51. The molecule has 1 aromatic heterocycles. The van der Waals surface area contributed by atoms with Crippen LogP contribution in [0.2, 0.25) is 0 Å². The van der Waals surface area contributed by atoms with Crippen molar-refractivity contribution < 1.29 is 19.1 Å². The summed E-state index contributed by atoms with van der Waals surface area (Å²) < 4.78 is 10.7. The van der Waals surface area contributed by atoms with Crippen LogP contribution in [0.15, 0.2) is 35.7 Å². The van der Waals surface area contributed by atoms with Crippen molar-refractivity contribution in [1.29, 1.82) is 0 Å². The van der Waals surface area contributed by atoms with Crippen molar-refractivity contribution in [2.75, 3.05) is 40.4 Å². The zero-order valence-corrected chi connectivity index (χ0v) is 15.8. The summed E-state index contributed by atoms with van der Waals surface area (Å²) in [5.41, 5.74) is 0.427.